The third kappa shape index (κ3) is 70.0. The second-order valence-corrected chi connectivity index (χ2v) is 19.5. The smallest absolute Gasteiger partial charge is 0.314 e. The van der Waals surface area contributed by atoms with Gasteiger partial charge in [-0.25, -0.2) is 0 Å². The first-order valence-electron chi connectivity index (χ1n) is 6.66. The summed E-state index contributed by atoms with van der Waals surface area (Å²) in [7, 11) is 0. The van der Waals surface area contributed by atoms with E-state index in [1.54, 1.807) is 13.8 Å². The zero-order valence-electron chi connectivity index (χ0n) is 15.3. The maximum absolute atomic E-state index is 10.6. The summed E-state index contributed by atoms with van der Waals surface area (Å²) in [5.74, 6) is -3.70. The van der Waals surface area contributed by atoms with Gasteiger partial charge in [0.1, 0.15) is 12.8 Å². The predicted molar refractivity (Wildman–Crippen MR) is 144 cm³/mol. The van der Waals surface area contributed by atoms with Crippen molar-refractivity contribution >= 4 is 122 Å². The van der Waals surface area contributed by atoms with Crippen molar-refractivity contribution in [1.82, 2.24) is 0 Å². The van der Waals surface area contributed by atoms with E-state index in [4.69, 9.17) is 25.4 Å². The quantitative estimate of drug-likeness (QED) is 0.0755. The molecule has 0 radical (unpaired) electrons. The van der Waals surface area contributed by atoms with Gasteiger partial charge in [-0.2, -0.15) is 0 Å². The van der Waals surface area contributed by atoms with E-state index in [-0.39, 0.29) is 43.6 Å². The van der Waals surface area contributed by atoms with E-state index in [1.165, 1.54) is 0 Å². The van der Waals surface area contributed by atoms with Gasteiger partial charge in [0.25, 0.3) is 5.09 Å². The molecular weight excluding hydrogens is 1100 g/mol. The average molecular weight is 1120 g/mol. The monoisotopic (exact) mass is 1120 g/mol. The van der Waals surface area contributed by atoms with Crippen molar-refractivity contribution in [3.63, 3.8) is 0 Å². The molecule has 0 unspecified atom stereocenters. The minimum atomic E-state index is -1.31. The fourth-order valence-electron chi connectivity index (χ4n) is 0.718. The summed E-state index contributed by atoms with van der Waals surface area (Å²) >= 11 is 9.54. The second kappa shape index (κ2) is 40.7. The third-order valence-corrected chi connectivity index (χ3v) is 1.36. The molecule has 0 aliphatic heterocycles. The van der Waals surface area contributed by atoms with Crippen LogP contribution in [0, 0.1) is 10.1 Å². The Morgan fingerprint density at radius 3 is 1.33 bits per heavy atom. The van der Waals surface area contributed by atoms with Gasteiger partial charge in [-0.1, -0.05) is 0 Å². The van der Waals surface area contributed by atoms with Crippen LogP contribution in [-0.2, 0) is 33.5 Å². The SMILES string of the molecule is CCOC(=O)CC(=O)OCC.I.II.I[I-]I.O=C(O)CC(=O)O.O=[N+]([O-])OCO. The Hall–Kier alpha value is 1.42. The molecule has 3 N–H and O–H groups in total. The maximum atomic E-state index is 10.6. The van der Waals surface area contributed by atoms with Crippen LogP contribution in [0.3, 0.4) is 0 Å². The molecule has 0 aliphatic rings. The second-order valence-electron chi connectivity index (χ2n) is 3.29. The van der Waals surface area contributed by atoms with Crippen LogP contribution in [0.25, 0.3) is 0 Å². The van der Waals surface area contributed by atoms with Gasteiger partial charge >= 0.3 is 74.4 Å². The van der Waals surface area contributed by atoms with Crippen molar-refractivity contribution in [3.05, 3.63) is 10.1 Å². The molecule has 13 nitrogen and oxygen atoms in total. The van der Waals surface area contributed by atoms with E-state index in [0.717, 1.165) is 0 Å². The molecule has 0 atom stereocenters. The van der Waals surface area contributed by atoms with Crippen molar-refractivity contribution in [3.8, 4) is 0 Å². The van der Waals surface area contributed by atoms with Crippen molar-refractivity contribution in [2.75, 3.05) is 20.0 Å². The first kappa shape index (κ1) is 45.0. The Labute approximate surface area is 242 Å². The van der Waals surface area contributed by atoms with Crippen LogP contribution >= 0.6 is 98.4 Å². The number of ether oxygens (including phenoxy) is 2. The summed E-state index contributed by atoms with van der Waals surface area (Å²) in [6.07, 6.45) is -1.10. The standard InChI is InChI=1S/C7H12O4.C3H4O4.CH3NO4.I3.I2.HI/c1-3-10-6(8)5-7(9)11-4-2;4-2(5)1-3(6)7;3-1-6-2(4)5;1-3-2;1-2;/h3-5H2,1-2H3;1H2,(H,4,5)(H,6,7);3H,1H2;;;1H/q;;;-1;;. The Morgan fingerprint density at radius 1 is 0.933 bits per heavy atom. The van der Waals surface area contributed by atoms with E-state index in [1.807, 2.05) is 0 Å². The molecule has 0 heterocycles. The molecular formula is C11H20I6NO12-. The number of carbonyl (C=O) groups excluding carboxylic acids is 2. The van der Waals surface area contributed by atoms with Gasteiger partial charge in [0.05, 0.1) is 13.2 Å². The molecule has 30 heavy (non-hydrogen) atoms. The molecule has 0 aromatic carbocycles. The first-order chi connectivity index (χ1) is 13.5. The van der Waals surface area contributed by atoms with Crippen molar-refractivity contribution in [2.45, 2.75) is 26.7 Å². The number of esters is 2. The Balaban J connectivity index is -0.0000000663. The summed E-state index contributed by atoms with van der Waals surface area (Å²) in [4.78, 5) is 52.4. The zero-order chi connectivity index (χ0) is 24.3. The normalized spacial score (nSPS) is 7.57. The van der Waals surface area contributed by atoms with E-state index in [9.17, 15) is 19.2 Å². The Morgan fingerprint density at radius 2 is 1.23 bits per heavy atom. The number of halogens is 6. The number of hydrogen-bond donors (Lipinski definition) is 3. The molecule has 19 heteroatoms. The minimum absolute atomic E-state index is 0. The van der Waals surface area contributed by atoms with E-state index < -0.39 is 42.2 Å². The Bertz CT molecular complexity index is 415. The molecule has 0 saturated carbocycles. The van der Waals surface area contributed by atoms with Crippen molar-refractivity contribution in [2.24, 2.45) is 0 Å². The minimum Gasteiger partial charge on any atom is -0.481 e. The average Bonchev–Trinajstić information content (AvgIpc) is 2.57. The molecule has 0 saturated heterocycles. The molecule has 0 fully saturated rings. The third-order valence-electron chi connectivity index (χ3n) is 1.36. The van der Waals surface area contributed by atoms with Gasteiger partial charge in [0.2, 0.25) is 0 Å². The largest absolute Gasteiger partial charge is 0.481 e. The molecule has 0 aromatic rings. The Kier molecular flexibility index (Phi) is 61.1. The molecule has 184 valence electrons. The van der Waals surface area contributed by atoms with E-state index in [0.29, 0.717) is 13.3 Å². The van der Waals surface area contributed by atoms with Crippen LogP contribution in [0.4, 0.5) is 0 Å². The summed E-state index contributed by atoms with van der Waals surface area (Å²) in [5.41, 5.74) is 0. The van der Waals surface area contributed by atoms with Crippen LogP contribution in [0.15, 0.2) is 0 Å². The number of nitrogens with zero attached hydrogens (tertiary/aromatic N) is 1. The fourth-order valence-corrected chi connectivity index (χ4v) is 0.718. The molecule has 0 rings (SSSR count). The number of aliphatic hydroxyl groups is 1. The number of carbonyl (C=O) groups is 4. The molecule has 0 bridgehead atoms. The van der Waals surface area contributed by atoms with Gasteiger partial charge in [0.15, 0.2) is 6.79 Å². The summed E-state index contributed by atoms with van der Waals surface area (Å²) in [6.45, 7) is 3.08. The van der Waals surface area contributed by atoms with Crippen molar-refractivity contribution < 1.29 is 67.2 Å². The fraction of sp³-hybridized carbons (Fsp3) is 0.636. The molecule has 0 aromatic heterocycles. The number of carboxylic acids is 2. The molecule has 0 aliphatic carbocycles. The van der Waals surface area contributed by atoms with E-state index in [2.05, 4.69) is 88.8 Å². The van der Waals surface area contributed by atoms with Crippen LogP contribution in [-0.4, -0.2) is 64.3 Å². The van der Waals surface area contributed by atoms with Gasteiger partial charge < -0.3 is 24.8 Å². The van der Waals surface area contributed by atoms with Crippen LogP contribution in [0.2, 0.25) is 0 Å². The number of rotatable bonds is 8. The zero-order valence-corrected chi connectivity index (χ0v) is 28.4. The van der Waals surface area contributed by atoms with Gasteiger partial charge in [-0.3, -0.25) is 24.0 Å². The van der Waals surface area contributed by atoms with Gasteiger partial charge in [0, 0.05) is 37.2 Å². The summed E-state index contributed by atoms with van der Waals surface area (Å²) < 4.78 is 9.04. The van der Waals surface area contributed by atoms with Crippen LogP contribution < -0.4 is 13.3 Å². The first-order valence-corrected chi connectivity index (χ1v) is 25.5. The van der Waals surface area contributed by atoms with E-state index >= 15 is 0 Å². The van der Waals surface area contributed by atoms with Crippen LogP contribution in [0.1, 0.15) is 26.7 Å². The summed E-state index contributed by atoms with van der Waals surface area (Å²) in [5, 5.41) is 30.9. The number of hydrogen-bond acceptors (Lipinski definition) is 10. The topological polar surface area (TPSA) is 200 Å². The van der Waals surface area contributed by atoms with Gasteiger partial charge in [-0.15, -0.1) is 34.1 Å². The molecule has 0 spiro atoms. The number of aliphatic hydroxyl groups excluding tert-OH is 1. The van der Waals surface area contributed by atoms with Crippen molar-refractivity contribution in [1.29, 1.82) is 0 Å². The maximum Gasteiger partial charge on any atom is 0.314 e. The molecule has 0 amide bonds. The summed E-state index contributed by atoms with van der Waals surface area (Å²) in [6, 6.07) is 0. The number of carboxylic acid groups (broad SMARTS) is 2. The predicted octanol–water partition coefficient (Wildman–Crippen LogP) is 0.358. The number of aliphatic carboxylic acids is 2. The van der Waals surface area contributed by atoms with Crippen LogP contribution in [0.5, 0.6) is 0 Å². The van der Waals surface area contributed by atoms with Gasteiger partial charge in [-0.05, 0) is 13.8 Å².